The zero-order valence-corrected chi connectivity index (χ0v) is 14.5. The molecule has 1 saturated heterocycles. The normalized spacial score (nSPS) is 14.9. The largest absolute Gasteiger partial charge is 0.465 e. The van der Waals surface area contributed by atoms with E-state index in [-0.39, 0.29) is 24.0 Å². The molecule has 0 unspecified atom stereocenters. The van der Waals surface area contributed by atoms with Crippen molar-refractivity contribution in [2.45, 2.75) is 13.0 Å². The Bertz CT molecular complexity index is 800. The maximum atomic E-state index is 12.4. The Hall–Kier alpha value is -3.09. The summed E-state index contributed by atoms with van der Waals surface area (Å²) in [4.78, 5) is 39.8. The van der Waals surface area contributed by atoms with E-state index in [2.05, 4.69) is 0 Å². The van der Waals surface area contributed by atoms with E-state index in [1.807, 2.05) is 6.07 Å². The van der Waals surface area contributed by atoms with Crippen molar-refractivity contribution in [1.82, 2.24) is 9.80 Å². The van der Waals surface area contributed by atoms with Crippen molar-refractivity contribution >= 4 is 17.8 Å². The van der Waals surface area contributed by atoms with Crippen LogP contribution in [0.3, 0.4) is 0 Å². The number of methoxy groups -OCH3 is 1. The molecule has 2 aromatic rings. The Morgan fingerprint density at radius 1 is 1.15 bits per heavy atom. The molecule has 0 aliphatic carbocycles. The van der Waals surface area contributed by atoms with Crippen molar-refractivity contribution in [3.63, 3.8) is 0 Å². The van der Waals surface area contributed by atoms with Gasteiger partial charge in [-0.1, -0.05) is 12.1 Å². The number of esters is 1. The van der Waals surface area contributed by atoms with Gasteiger partial charge in [0.2, 0.25) is 5.91 Å². The van der Waals surface area contributed by atoms with Crippen LogP contribution in [0.4, 0.5) is 0 Å². The molecule has 0 bridgehead atoms. The second-order valence-corrected chi connectivity index (χ2v) is 6.03. The highest BCUT2D eigenvalue weighted by molar-refractivity contribution is 5.92. The standard InChI is InChI=1S/C19H20N2O5/c1-25-19(24)15-5-2-4-14(12-15)13-21-10-9-20(8-7-17(21)22)18(23)16-6-3-11-26-16/h2-6,11-12H,7-10,13H2,1H3. The van der Waals surface area contributed by atoms with Gasteiger partial charge in [-0.25, -0.2) is 4.79 Å². The van der Waals surface area contributed by atoms with E-state index in [9.17, 15) is 14.4 Å². The predicted molar refractivity (Wildman–Crippen MR) is 92.4 cm³/mol. The lowest BCUT2D eigenvalue weighted by Gasteiger charge is -2.22. The minimum absolute atomic E-state index is 0.0248. The van der Waals surface area contributed by atoms with Gasteiger partial charge in [0.15, 0.2) is 5.76 Å². The molecule has 26 heavy (non-hydrogen) atoms. The highest BCUT2D eigenvalue weighted by Gasteiger charge is 2.25. The zero-order chi connectivity index (χ0) is 18.5. The molecule has 1 aromatic heterocycles. The molecule has 1 aromatic carbocycles. The number of carbonyl (C=O) groups is 3. The van der Waals surface area contributed by atoms with Gasteiger partial charge in [0.05, 0.1) is 18.9 Å². The number of rotatable bonds is 4. The lowest BCUT2D eigenvalue weighted by molar-refractivity contribution is -0.130. The Kier molecular flexibility index (Phi) is 5.36. The van der Waals surface area contributed by atoms with Gasteiger partial charge in [-0.15, -0.1) is 0 Å². The number of hydrogen-bond donors (Lipinski definition) is 0. The van der Waals surface area contributed by atoms with Crippen LogP contribution in [0.15, 0.2) is 47.1 Å². The number of benzene rings is 1. The molecule has 7 heteroatoms. The summed E-state index contributed by atoms with van der Waals surface area (Å²) in [5.41, 5.74) is 1.29. The summed E-state index contributed by atoms with van der Waals surface area (Å²) in [7, 11) is 1.33. The molecule has 0 spiro atoms. The minimum Gasteiger partial charge on any atom is -0.465 e. The Morgan fingerprint density at radius 3 is 2.73 bits per heavy atom. The van der Waals surface area contributed by atoms with Crippen molar-refractivity contribution < 1.29 is 23.5 Å². The fraction of sp³-hybridized carbons (Fsp3) is 0.316. The van der Waals surface area contributed by atoms with E-state index >= 15 is 0 Å². The van der Waals surface area contributed by atoms with Crippen molar-refractivity contribution in [3.05, 3.63) is 59.5 Å². The Morgan fingerprint density at radius 2 is 2.00 bits per heavy atom. The predicted octanol–water partition coefficient (Wildman–Crippen LogP) is 1.94. The number of furan rings is 1. The van der Waals surface area contributed by atoms with Gasteiger partial charge < -0.3 is 19.0 Å². The topological polar surface area (TPSA) is 80.1 Å². The van der Waals surface area contributed by atoms with Crippen LogP contribution in [0.5, 0.6) is 0 Å². The van der Waals surface area contributed by atoms with Crippen molar-refractivity contribution in [2.75, 3.05) is 26.7 Å². The molecule has 136 valence electrons. The van der Waals surface area contributed by atoms with E-state index in [1.165, 1.54) is 13.4 Å². The highest BCUT2D eigenvalue weighted by atomic mass is 16.5. The lowest BCUT2D eigenvalue weighted by atomic mass is 10.1. The summed E-state index contributed by atoms with van der Waals surface area (Å²) in [6.45, 7) is 1.60. The van der Waals surface area contributed by atoms with Gasteiger partial charge in [0.25, 0.3) is 5.91 Å². The van der Waals surface area contributed by atoms with E-state index in [0.29, 0.717) is 31.7 Å². The van der Waals surface area contributed by atoms with Crippen LogP contribution in [0.2, 0.25) is 0 Å². The zero-order valence-electron chi connectivity index (χ0n) is 14.5. The quantitative estimate of drug-likeness (QED) is 0.782. The first-order valence-corrected chi connectivity index (χ1v) is 8.36. The Balaban J connectivity index is 1.67. The second kappa shape index (κ2) is 7.86. The third kappa shape index (κ3) is 3.93. The summed E-state index contributed by atoms with van der Waals surface area (Å²) >= 11 is 0. The molecule has 2 heterocycles. The van der Waals surface area contributed by atoms with Gasteiger partial charge in [0.1, 0.15) is 0 Å². The first-order valence-electron chi connectivity index (χ1n) is 8.36. The van der Waals surface area contributed by atoms with Crippen molar-refractivity contribution in [2.24, 2.45) is 0 Å². The third-order valence-electron chi connectivity index (χ3n) is 4.33. The van der Waals surface area contributed by atoms with Crippen molar-refractivity contribution in [1.29, 1.82) is 0 Å². The first-order chi connectivity index (χ1) is 12.6. The Labute approximate surface area is 151 Å². The van der Waals surface area contributed by atoms with Gasteiger partial charge in [0, 0.05) is 32.6 Å². The molecule has 3 rings (SSSR count). The summed E-state index contributed by atoms with van der Waals surface area (Å²) in [5.74, 6) is -0.374. The van der Waals surface area contributed by atoms with Crippen LogP contribution in [-0.2, 0) is 16.1 Å². The van der Waals surface area contributed by atoms with E-state index in [0.717, 1.165) is 5.56 Å². The number of hydrogen-bond acceptors (Lipinski definition) is 5. The van der Waals surface area contributed by atoms with Crippen LogP contribution >= 0.6 is 0 Å². The molecular weight excluding hydrogens is 336 g/mol. The van der Waals surface area contributed by atoms with Crippen LogP contribution in [-0.4, -0.2) is 54.3 Å². The number of carbonyl (C=O) groups excluding carboxylic acids is 3. The molecule has 0 N–H and O–H groups in total. The monoisotopic (exact) mass is 356 g/mol. The maximum absolute atomic E-state index is 12.4. The van der Waals surface area contributed by atoms with Gasteiger partial charge in [-0.2, -0.15) is 0 Å². The SMILES string of the molecule is COC(=O)c1cccc(CN2CCN(C(=O)c3ccco3)CCC2=O)c1. The van der Waals surface area contributed by atoms with Crippen LogP contribution in [0.1, 0.15) is 32.9 Å². The van der Waals surface area contributed by atoms with Gasteiger partial charge in [-0.05, 0) is 29.8 Å². The molecular formula is C19H20N2O5. The second-order valence-electron chi connectivity index (χ2n) is 6.03. The molecule has 1 fully saturated rings. The summed E-state index contributed by atoms with van der Waals surface area (Å²) < 4.78 is 9.88. The third-order valence-corrected chi connectivity index (χ3v) is 4.33. The average molecular weight is 356 g/mol. The smallest absolute Gasteiger partial charge is 0.337 e. The fourth-order valence-corrected chi connectivity index (χ4v) is 2.93. The first kappa shape index (κ1) is 17.7. The summed E-state index contributed by atoms with van der Waals surface area (Å²) in [5, 5.41) is 0. The van der Waals surface area contributed by atoms with Crippen LogP contribution in [0.25, 0.3) is 0 Å². The summed E-state index contributed by atoms with van der Waals surface area (Å²) in [6, 6.07) is 10.3. The van der Waals surface area contributed by atoms with E-state index in [1.54, 1.807) is 40.1 Å². The number of ether oxygens (including phenoxy) is 1. The molecule has 1 aliphatic rings. The fourth-order valence-electron chi connectivity index (χ4n) is 2.93. The van der Waals surface area contributed by atoms with Gasteiger partial charge in [-0.3, -0.25) is 9.59 Å². The molecule has 1 aliphatic heterocycles. The van der Waals surface area contributed by atoms with E-state index < -0.39 is 5.97 Å². The van der Waals surface area contributed by atoms with Crippen molar-refractivity contribution in [3.8, 4) is 0 Å². The minimum atomic E-state index is -0.413. The average Bonchev–Trinajstić information content (AvgIpc) is 3.14. The molecule has 0 saturated carbocycles. The molecule has 0 radical (unpaired) electrons. The van der Waals surface area contributed by atoms with E-state index in [4.69, 9.17) is 9.15 Å². The van der Waals surface area contributed by atoms with Gasteiger partial charge >= 0.3 is 5.97 Å². The maximum Gasteiger partial charge on any atom is 0.337 e. The molecule has 2 amide bonds. The molecule has 0 atom stereocenters. The number of amides is 2. The number of nitrogens with zero attached hydrogens (tertiary/aromatic N) is 2. The summed E-state index contributed by atoms with van der Waals surface area (Å²) in [6.07, 6.45) is 1.71. The lowest BCUT2D eigenvalue weighted by Crippen LogP contribution is -2.35. The molecule has 7 nitrogen and oxygen atoms in total. The van der Waals surface area contributed by atoms with Crippen LogP contribution in [0, 0.1) is 0 Å². The van der Waals surface area contributed by atoms with Crippen LogP contribution < -0.4 is 0 Å². The highest BCUT2D eigenvalue weighted by Crippen LogP contribution is 2.14.